The van der Waals surface area contributed by atoms with Crippen LogP contribution < -0.4 is 5.32 Å². The summed E-state index contributed by atoms with van der Waals surface area (Å²) in [5.74, 6) is 0. The van der Waals surface area contributed by atoms with Crippen LogP contribution in [-0.4, -0.2) is 34.1 Å². The molecular weight excluding hydrogens is 223 g/mol. The average molecular weight is 237 g/mol. The van der Waals surface area contributed by atoms with Gasteiger partial charge in [-0.05, 0) is 12.6 Å². The summed E-state index contributed by atoms with van der Waals surface area (Å²) in [6, 6.07) is 0.889. The van der Waals surface area contributed by atoms with Crippen LogP contribution in [-0.2, 0) is 12.7 Å². The van der Waals surface area contributed by atoms with Crippen LogP contribution in [0.15, 0.2) is 12.3 Å². The maximum atomic E-state index is 12.2. The van der Waals surface area contributed by atoms with E-state index >= 15 is 0 Å². The third-order valence-corrected chi connectivity index (χ3v) is 1.96. The highest BCUT2D eigenvalue weighted by Gasteiger charge is 2.33. The van der Waals surface area contributed by atoms with Crippen LogP contribution >= 0.6 is 0 Å². The van der Waals surface area contributed by atoms with Gasteiger partial charge in [-0.15, -0.1) is 0 Å². The van der Waals surface area contributed by atoms with E-state index in [1.807, 2.05) is 6.92 Å². The molecule has 0 saturated heterocycles. The van der Waals surface area contributed by atoms with Gasteiger partial charge in [-0.3, -0.25) is 4.68 Å². The standard InChI is InChI=1S/C9H14F3N3O/c1-2-13-5-7(16)6-15-4-3-8(14-15)9(10,11)12/h3-4,7,13,16H,2,5-6H2,1H3. The molecule has 0 radical (unpaired) electrons. The second-order valence-corrected chi connectivity index (χ2v) is 3.38. The van der Waals surface area contributed by atoms with Crippen molar-refractivity contribution in [3.8, 4) is 0 Å². The molecule has 1 heterocycles. The van der Waals surface area contributed by atoms with Gasteiger partial charge in [-0.25, -0.2) is 0 Å². The Kier molecular flexibility index (Phi) is 4.31. The lowest BCUT2D eigenvalue weighted by atomic mass is 10.3. The van der Waals surface area contributed by atoms with Crippen LogP contribution in [0.25, 0.3) is 0 Å². The number of likely N-dealkylation sites (N-methyl/N-ethyl adjacent to an activating group) is 1. The molecule has 92 valence electrons. The maximum absolute atomic E-state index is 12.2. The van der Waals surface area contributed by atoms with Crippen molar-refractivity contribution in [1.82, 2.24) is 15.1 Å². The van der Waals surface area contributed by atoms with E-state index in [0.717, 1.165) is 10.7 Å². The molecule has 0 aromatic carbocycles. The van der Waals surface area contributed by atoms with Crippen molar-refractivity contribution in [3.05, 3.63) is 18.0 Å². The number of hydrogen-bond donors (Lipinski definition) is 2. The minimum Gasteiger partial charge on any atom is -0.390 e. The number of aliphatic hydroxyl groups is 1. The van der Waals surface area contributed by atoms with Gasteiger partial charge in [0, 0.05) is 12.7 Å². The second-order valence-electron chi connectivity index (χ2n) is 3.38. The molecule has 1 rings (SSSR count). The predicted octanol–water partition coefficient (Wildman–Crippen LogP) is 0.872. The third-order valence-electron chi connectivity index (χ3n) is 1.96. The highest BCUT2D eigenvalue weighted by Crippen LogP contribution is 2.27. The van der Waals surface area contributed by atoms with E-state index in [0.29, 0.717) is 13.1 Å². The summed E-state index contributed by atoms with van der Waals surface area (Å²) in [5.41, 5.74) is -0.942. The van der Waals surface area contributed by atoms with Gasteiger partial charge < -0.3 is 10.4 Å². The van der Waals surface area contributed by atoms with Crippen molar-refractivity contribution < 1.29 is 18.3 Å². The lowest BCUT2D eigenvalue weighted by Gasteiger charge is -2.10. The van der Waals surface area contributed by atoms with E-state index < -0.39 is 18.0 Å². The van der Waals surface area contributed by atoms with Gasteiger partial charge in [0.1, 0.15) is 0 Å². The third kappa shape index (κ3) is 3.82. The number of nitrogens with one attached hydrogen (secondary N) is 1. The summed E-state index contributed by atoms with van der Waals surface area (Å²) in [7, 11) is 0. The van der Waals surface area contributed by atoms with Crippen molar-refractivity contribution in [3.63, 3.8) is 0 Å². The molecule has 0 bridgehead atoms. The largest absolute Gasteiger partial charge is 0.435 e. The van der Waals surface area contributed by atoms with E-state index in [2.05, 4.69) is 10.4 Å². The Morgan fingerprint density at radius 1 is 1.56 bits per heavy atom. The molecule has 0 amide bonds. The maximum Gasteiger partial charge on any atom is 0.435 e. The first-order valence-corrected chi connectivity index (χ1v) is 4.93. The number of alkyl halides is 3. The summed E-state index contributed by atoms with van der Waals surface area (Å²) < 4.78 is 37.7. The summed E-state index contributed by atoms with van der Waals surface area (Å²) in [6.07, 6.45) is -3.98. The van der Waals surface area contributed by atoms with Crippen LogP contribution in [0.4, 0.5) is 13.2 Å². The zero-order chi connectivity index (χ0) is 12.2. The van der Waals surface area contributed by atoms with E-state index in [9.17, 15) is 18.3 Å². The van der Waals surface area contributed by atoms with Crippen molar-refractivity contribution in [1.29, 1.82) is 0 Å². The Bertz CT molecular complexity index is 324. The van der Waals surface area contributed by atoms with E-state index in [1.54, 1.807) is 0 Å². The molecule has 0 spiro atoms. The fourth-order valence-corrected chi connectivity index (χ4v) is 1.21. The second kappa shape index (κ2) is 5.31. The van der Waals surface area contributed by atoms with Gasteiger partial charge >= 0.3 is 6.18 Å². The average Bonchev–Trinajstić information content (AvgIpc) is 2.62. The molecule has 1 unspecified atom stereocenters. The topological polar surface area (TPSA) is 50.1 Å². The quantitative estimate of drug-likeness (QED) is 0.799. The normalized spacial score (nSPS) is 14.1. The predicted molar refractivity (Wildman–Crippen MR) is 51.8 cm³/mol. The Morgan fingerprint density at radius 2 is 2.25 bits per heavy atom. The van der Waals surface area contributed by atoms with Gasteiger partial charge in [0.25, 0.3) is 0 Å². The number of aliphatic hydroxyl groups excluding tert-OH is 1. The molecule has 1 atom stereocenters. The van der Waals surface area contributed by atoms with Gasteiger partial charge in [0.05, 0.1) is 12.6 Å². The zero-order valence-electron chi connectivity index (χ0n) is 8.83. The van der Waals surface area contributed by atoms with Gasteiger partial charge in [-0.1, -0.05) is 6.92 Å². The Labute approximate surface area is 91.1 Å². The van der Waals surface area contributed by atoms with Crippen LogP contribution in [0.3, 0.4) is 0 Å². The van der Waals surface area contributed by atoms with Gasteiger partial charge in [0.2, 0.25) is 0 Å². The van der Waals surface area contributed by atoms with Crippen molar-refractivity contribution in [2.75, 3.05) is 13.1 Å². The van der Waals surface area contributed by atoms with Crippen LogP contribution in [0.5, 0.6) is 0 Å². The Balaban J connectivity index is 2.52. The molecule has 0 fully saturated rings. The Hall–Kier alpha value is -1.08. The minimum absolute atomic E-state index is 0.0447. The van der Waals surface area contributed by atoms with Crippen molar-refractivity contribution in [2.24, 2.45) is 0 Å². The number of aromatic nitrogens is 2. The van der Waals surface area contributed by atoms with Gasteiger partial charge in [0.15, 0.2) is 5.69 Å². The molecule has 7 heteroatoms. The van der Waals surface area contributed by atoms with Gasteiger partial charge in [-0.2, -0.15) is 18.3 Å². The Morgan fingerprint density at radius 3 is 2.75 bits per heavy atom. The van der Waals surface area contributed by atoms with Crippen molar-refractivity contribution >= 4 is 0 Å². The molecule has 0 aliphatic carbocycles. The van der Waals surface area contributed by atoms with E-state index in [1.165, 1.54) is 6.20 Å². The SMILES string of the molecule is CCNCC(O)Cn1ccc(C(F)(F)F)n1. The molecule has 0 aliphatic heterocycles. The molecule has 0 saturated carbocycles. The fraction of sp³-hybridized carbons (Fsp3) is 0.667. The summed E-state index contributed by atoms with van der Waals surface area (Å²) in [4.78, 5) is 0. The summed E-state index contributed by atoms with van der Waals surface area (Å²) in [5, 5.41) is 15.7. The summed E-state index contributed by atoms with van der Waals surface area (Å²) in [6.45, 7) is 2.95. The first kappa shape index (κ1) is 13.0. The number of hydrogen-bond acceptors (Lipinski definition) is 3. The highest BCUT2D eigenvalue weighted by molar-refractivity contribution is 5.03. The molecule has 2 N–H and O–H groups in total. The van der Waals surface area contributed by atoms with Crippen LogP contribution in [0.1, 0.15) is 12.6 Å². The zero-order valence-corrected chi connectivity index (χ0v) is 8.83. The highest BCUT2D eigenvalue weighted by atomic mass is 19.4. The number of rotatable bonds is 5. The first-order chi connectivity index (χ1) is 7.43. The number of nitrogens with zero attached hydrogens (tertiary/aromatic N) is 2. The minimum atomic E-state index is -4.43. The van der Waals surface area contributed by atoms with E-state index in [-0.39, 0.29) is 6.54 Å². The summed E-state index contributed by atoms with van der Waals surface area (Å²) >= 11 is 0. The molecule has 4 nitrogen and oxygen atoms in total. The van der Waals surface area contributed by atoms with Crippen molar-refractivity contribution in [2.45, 2.75) is 25.7 Å². The van der Waals surface area contributed by atoms with Crippen LogP contribution in [0.2, 0.25) is 0 Å². The smallest absolute Gasteiger partial charge is 0.390 e. The lowest BCUT2D eigenvalue weighted by molar-refractivity contribution is -0.141. The van der Waals surface area contributed by atoms with E-state index in [4.69, 9.17) is 0 Å². The number of halogens is 3. The molecular formula is C9H14F3N3O. The monoisotopic (exact) mass is 237 g/mol. The van der Waals surface area contributed by atoms with Crippen LogP contribution in [0, 0.1) is 0 Å². The molecule has 1 aromatic rings. The fourth-order valence-electron chi connectivity index (χ4n) is 1.21. The molecule has 1 aromatic heterocycles. The first-order valence-electron chi connectivity index (χ1n) is 4.93. The molecule has 16 heavy (non-hydrogen) atoms. The molecule has 0 aliphatic rings. The lowest BCUT2D eigenvalue weighted by Crippen LogP contribution is -2.30.